The molecular formula is C11H13N3O. The molecule has 15 heavy (non-hydrogen) atoms. The van der Waals surface area contributed by atoms with Gasteiger partial charge in [0.15, 0.2) is 0 Å². The van der Waals surface area contributed by atoms with Gasteiger partial charge >= 0.3 is 6.03 Å². The minimum atomic E-state index is -0.140. The molecule has 0 fully saturated rings. The van der Waals surface area contributed by atoms with Crippen molar-refractivity contribution < 1.29 is 4.79 Å². The van der Waals surface area contributed by atoms with Crippen LogP contribution in [-0.4, -0.2) is 21.6 Å². The van der Waals surface area contributed by atoms with E-state index in [0.717, 1.165) is 11.0 Å². The van der Waals surface area contributed by atoms with Crippen molar-refractivity contribution in [3.63, 3.8) is 0 Å². The summed E-state index contributed by atoms with van der Waals surface area (Å²) in [6.07, 6.45) is 1.54. The lowest BCUT2D eigenvalue weighted by atomic mass is 10.3. The highest BCUT2D eigenvalue weighted by Crippen LogP contribution is 2.11. The average Bonchev–Trinajstić information content (AvgIpc) is 2.59. The van der Waals surface area contributed by atoms with E-state index in [2.05, 4.69) is 10.3 Å². The summed E-state index contributed by atoms with van der Waals surface area (Å²) in [7, 11) is 0. The second-order valence-corrected chi connectivity index (χ2v) is 3.71. The molecule has 0 bridgehead atoms. The number of benzene rings is 1. The van der Waals surface area contributed by atoms with Gasteiger partial charge in [-0.2, -0.15) is 0 Å². The highest BCUT2D eigenvalue weighted by Gasteiger charge is 2.09. The van der Waals surface area contributed by atoms with Gasteiger partial charge in [-0.15, -0.1) is 0 Å². The Bertz CT molecular complexity index is 487. The Labute approximate surface area is 87.9 Å². The number of hydrogen-bond acceptors (Lipinski definition) is 2. The number of nitrogens with zero attached hydrogens (tertiary/aromatic N) is 2. The highest BCUT2D eigenvalue weighted by atomic mass is 16.2. The van der Waals surface area contributed by atoms with Crippen molar-refractivity contribution in [2.75, 3.05) is 0 Å². The van der Waals surface area contributed by atoms with E-state index in [4.69, 9.17) is 0 Å². The van der Waals surface area contributed by atoms with Gasteiger partial charge in [-0.3, -0.25) is 4.57 Å². The van der Waals surface area contributed by atoms with Crippen LogP contribution in [0.15, 0.2) is 30.6 Å². The highest BCUT2D eigenvalue weighted by molar-refractivity contribution is 5.89. The number of para-hydroxylation sites is 2. The van der Waals surface area contributed by atoms with Crippen LogP contribution in [0.4, 0.5) is 4.79 Å². The van der Waals surface area contributed by atoms with Gasteiger partial charge in [0.2, 0.25) is 0 Å². The quantitative estimate of drug-likeness (QED) is 0.770. The Balaban J connectivity index is 2.40. The van der Waals surface area contributed by atoms with Gasteiger partial charge in [0, 0.05) is 6.04 Å². The molecule has 4 nitrogen and oxygen atoms in total. The lowest BCUT2D eigenvalue weighted by Gasteiger charge is -2.08. The van der Waals surface area contributed by atoms with Gasteiger partial charge in [0.1, 0.15) is 6.33 Å². The summed E-state index contributed by atoms with van der Waals surface area (Å²) in [4.78, 5) is 15.9. The average molecular weight is 203 g/mol. The monoisotopic (exact) mass is 203 g/mol. The first kappa shape index (κ1) is 9.71. The number of hydrogen-bond donors (Lipinski definition) is 1. The van der Waals surface area contributed by atoms with Gasteiger partial charge in [-0.1, -0.05) is 12.1 Å². The van der Waals surface area contributed by atoms with Crippen LogP contribution in [0.5, 0.6) is 0 Å². The first-order valence-electron chi connectivity index (χ1n) is 4.91. The van der Waals surface area contributed by atoms with E-state index in [1.165, 1.54) is 4.57 Å². The third-order valence-electron chi connectivity index (χ3n) is 2.08. The second-order valence-electron chi connectivity index (χ2n) is 3.71. The first-order chi connectivity index (χ1) is 7.18. The molecule has 0 aliphatic heterocycles. The van der Waals surface area contributed by atoms with Gasteiger partial charge in [0.05, 0.1) is 11.0 Å². The number of carbonyl (C=O) groups is 1. The van der Waals surface area contributed by atoms with Gasteiger partial charge in [-0.25, -0.2) is 9.78 Å². The fraction of sp³-hybridized carbons (Fsp3) is 0.273. The molecule has 4 heteroatoms. The zero-order valence-corrected chi connectivity index (χ0v) is 8.77. The van der Waals surface area contributed by atoms with E-state index >= 15 is 0 Å². The second kappa shape index (κ2) is 3.73. The number of aromatic nitrogens is 2. The molecule has 1 heterocycles. The summed E-state index contributed by atoms with van der Waals surface area (Å²) in [5.41, 5.74) is 1.66. The third kappa shape index (κ3) is 1.83. The molecule has 0 unspecified atom stereocenters. The molecule has 2 aromatic rings. The molecule has 0 radical (unpaired) electrons. The van der Waals surface area contributed by atoms with Crippen molar-refractivity contribution in [1.82, 2.24) is 14.9 Å². The molecule has 0 aliphatic rings. The van der Waals surface area contributed by atoms with Crippen LogP contribution in [0.2, 0.25) is 0 Å². The van der Waals surface area contributed by atoms with Crippen LogP contribution in [-0.2, 0) is 0 Å². The summed E-state index contributed by atoms with van der Waals surface area (Å²) in [5, 5.41) is 2.82. The van der Waals surface area contributed by atoms with Crippen molar-refractivity contribution in [1.29, 1.82) is 0 Å². The maximum atomic E-state index is 11.7. The molecule has 0 saturated carbocycles. The molecule has 1 aromatic carbocycles. The summed E-state index contributed by atoms with van der Waals surface area (Å²) in [6.45, 7) is 3.86. The van der Waals surface area contributed by atoms with Crippen molar-refractivity contribution >= 4 is 17.1 Å². The largest absolute Gasteiger partial charge is 0.335 e. The van der Waals surface area contributed by atoms with Gasteiger partial charge in [-0.05, 0) is 26.0 Å². The Hall–Kier alpha value is -1.84. The maximum Gasteiger partial charge on any atom is 0.327 e. The van der Waals surface area contributed by atoms with E-state index in [0.29, 0.717) is 0 Å². The molecular weight excluding hydrogens is 190 g/mol. The normalized spacial score (nSPS) is 10.9. The van der Waals surface area contributed by atoms with Crippen molar-refractivity contribution in [3.8, 4) is 0 Å². The molecule has 0 saturated heterocycles. The predicted octanol–water partition coefficient (Wildman–Crippen LogP) is 2.00. The van der Waals surface area contributed by atoms with Crippen LogP contribution >= 0.6 is 0 Å². The zero-order chi connectivity index (χ0) is 10.8. The van der Waals surface area contributed by atoms with Crippen LogP contribution in [0, 0.1) is 0 Å². The fourth-order valence-corrected chi connectivity index (χ4v) is 1.44. The minimum absolute atomic E-state index is 0.124. The molecule has 0 aliphatic carbocycles. The SMILES string of the molecule is CC(C)NC(=O)n1cnc2ccccc21. The predicted molar refractivity (Wildman–Crippen MR) is 58.8 cm³/mol. The van der Waals surface area contributed by atoms with E-state index in [-0.39, 0.29) is 12.1 Å². The molecule has 78 valence electrons. The lowest BCUT2D eigenvalue weighted by Crippen LogP contribution is -2.33. The third-order valence-corrected chi connectivity index (χ3v) is 2.08. The molecule has 0 spiro atoms. The van der Waals surface area contributed by atoms with Crippen LogP contribution in [0.25, 0.3) is 11.0 Å². The molecule has 1 N–H and O–H groups in total. The van der Waals surface area contributed by atoms with E-state index in [1.54, 1.807) is 6.33 Å². The van der Waals surface area contributed by atoms with Crippen molar-refractivity contribution in [2.24, 2.45) is 0 Å². The zero-order valence-electron chi connectivity index (χ0n) is 8.77. The molecule has 1 amide bonds. The molecule has 0 atom stereocenters. The van der Waals surface area contributed by atoms with Crippen LogP contribution in [0.3, 0.4) is 0 Å². The Kier molecular flexibility index (Phi) is 2.41. The van der Waals surface area contributed by atoms with Gasteiger partial charge in [0.25, 0.3) is 0 Å². The number of amides is 1. The number of rotatable bonds is 1. The smallest absolute Gasteiger partial charge is 0.327 e. The van der Waals surface area contributed by atoms with Crippen molar-refractivity contribution in [2.45, 2.75) is 19.9 Å². The van der Waals surface area contributed by atoms with Gasteiger partial charge < -0.3 is 5.32 Å². The standard InChI is InChI=1S/C11H13N3O/c1-8(2)13-11(15)14-7-12-9-5-3-4-6-10(9)14/h3-8H,1-2H3,(H,13,15). The Morgan fingerprint density at radius 1 is 1.40 bits per heavy atom. The lowest BCUT2D eigenvalue weighted by molar-refractivity contribution is 0.241. The summed E-state index contributed by atoms with van der Waals surface area (Å²) >= 11 is 0. The summed E-state index contributed by atoms with van der Waals surface area (Å²) in [6, 6.07) is 7.54. The number of fused-ring (bicyclic) bond motifs is 1. The Morgan fingerprint density at radius 2 is 2.13 bits per heavy atom. The first-order valence-corrected chi connectivity index (χ1v) is 4.91. The van der Waals surface area contributed by atoms with Crippen LogP contribution in [0.1, 0.15) is 13.8 Å². The van der Waals surface area contributed by atoms with E-state index in [9.17, 15) is 4.79 Å². The van der Waals surface area contributed by atoms with Crippen molar-refractivity contribution in [3.05, 3.63) is 30.6 Å². The molecule has 2 rings (SSSR count). The van der Waals surface area contributed by atoms with E-state index < -0.39 is 0 Å². The number of nitrogens with one attached hydrogen (secondary N) is 1. The van der Waals surface area contributed by atoms with E-state index in [1.807, 2.05) is 38.1 Å². The fourth-order valence-electron chi connectivity index (χ4n) is 1.44. The Morgan fingerprint density at radius 3 is 2.87 bits per heavy atom. The summed E-state index contributed by atoms with van der Waals surface area (Å²) < 4.78 is 1.52. The van der Waals surface area contributed by atoms with Crippen LogP contribution < -0.4 is 5.32 Å². The summed E-state index contributed by atoms with van der Waals surface area (Å²) in [5.74, 6) is 0. The number of imidazole rings is 1. The molecule has 1 aromatic heterocycles. The minimum Gasteiger partial charge on any atom is -0.335 e. The topological polar surface area (TPSA) is 46.9 Å². The maximum absolute atomic E-state index is 11.7. The number of carbonyl (C=O) groups excluding carboxylic acids is 1.